The Morgan fingerprint density at radius 2 is 1.41 bits per heavy atom. The van der Waals surface area contributed by atoms with Crippen LogP contribution in [0, 0.1) is 52.5 Å². The predicted molar refractivity (Wildman–Crippen MR) is 166 cm³/mol. The van der Waals surface area contributed by atoms with Crippen LogP contribution in [0.25, 0.3) is 33.0 Å². The highest BCUT2D eigenvalue weighted by Gasteiger charge is 2.14. The Balaban J connectivity index is 1.99. The van der Waals surface area contributed by atoms with Crippen molar-refractivity contribution < 1.29 is 4.42 Å². The van der Waals surface area contributed by atoms with E-state index in [4.69, 9.17) is 23.0 Å². The maximum absolute atomic E-state index is 12.6. The van der Waals surface area contributed by atoms with Crippen LogP contribution in [0.4, 0.5) is 0 Å². The van der Waals surface area contributed by atoms with Crippen molar-refractivity contribution in [2.45, 2.75) is 0 Å². The highest BCUT2D eigenvalue weighted by molar-refractivity contribution is 5.94. The van der Waals surface area contributed by atoms with E-state index in [1.807, 2.05) is 18.2 Å². The first-order chi connectivity index (χ1) is 21.4. The number of nitrogens with zero attached hydrogens (tertiary/aromatic N) is 6. The van der Waals surface area contributed by atoms with E-state index in [0.29, 0.717) is 11.1 Å². The van der Waals surface area contributed by atoms with E-state index in [1.54, 1.807) is 73.8 Å². The van der Waals surface area contributed by atoms with Gasteiger partial charge in [0.15, 0.2) is 0 Å². The number of hydrogen-bond acceptors (Lipinski definition) is 6. The molecule has 0 amide bonds. The minimum Gasteiger partial charge on any atom is -0.405 e. The monoisotopic (exact) mass is 571 g/mol. The van der Waals surface area contributed by atoms with E-state index in [0.717, 1.165) is 0 Å². The number of aromatic nitrogens is 1. The van der Waals surface area contributed by atoms with Gasteiger partial charge in [-0.2, -0.15) is 5.26 Å². The molecule has 1 N–H and O–H groups in total. The van der Waals surface area contributed by atoms with E-state index >= 15 is 0 Å². The van der Waals surface area contributed by atoms with E-state index in [-0.39, 0.29) is 44.6 Å². The summed E-state index contributed by atoms with van der Waals surface area (Å²) in [7, 11) is 1.61. The number of rotatable bonds is 8. The molecule has 3 rings (SSSR count). The van der Waals surface area contributed by atoms with Crippen LogP contribution < -0.4 is 16.5 Å². The molecule has 9 nitrogen and oxygen atoms in total. The van der Waals surface area contributed by atoms with Gasteiger partial charge in [0.1, 0.15) is 5.35 Å². The molecule has 0 aliphatic carbocycles. The van der Waals surface area contributed by atoms with Crippen LogP contribution >= 0.6 is 0 Å². The van der Waals surface area contributed by atoms with Crippen molar-refractivity contribution in [1.82, 2.24) is 4.57 Å². The van der Waals surface area contributed by atoms with Crippen molar-refractivity contribution in [3.63, 3.8) is 0 Å². The number of nitriles is 3. The molecule has 0 spiro atoms. The second kappa shape index (κ2) is 15.5. The van der Waals surface area contributed by atoms with Gasteiger partial charge in [0.25, 0.3) is 11.4 Å². The van der Waals surface area contributed by atoms with E-state index in [9.17, 15) is 20.6 Å². The molecular formula is C35H21N7O2. The summed E-state index contributed by atoms with van der Waals surface area (Å²) in [6.45, 7) is 14.7. The minimum absolute atomic E-state index is 0.109. The third-order valence-electron chi connectivity index (χ3n) is 6.06. The zero-order valence-corrected chi connectivity index (χ0v) is 23.3. The minimum atomic E-state index is -0.631. The van der Waals surface area contributed by atoms with Crippen molar-refractivity contribution in [3.8, 4) is 18.2 Å². The van der Waals surface area contributed by atoms with Crippen molar-refractivity contribution in [3.05, 3.63) is 169 Å². The molecular weight excluding hydrogens is 550 g/mol. The SMILES string of the molecule is [C-]#[N+]C(C#N)=C(C(=C=N)/C=C/C=c1\c(=O)oc(=CC=CC=C(C#N)C(=C(C#N)[N+]#[C-])c2ccccc2)n1C)c1ccccc1. The molecule has 0 saturated heterocycles. The topological polar surface area (TPSA) is 139 Å². The largest absolute Gasteiger partial charge is 0.405 e. The first-order valence-electron chi connectivity index (χ1n) is 12.7. The molecule has 0 aliphatic heterocycles. The van der Waals surface area contributed by atoms with Gasteiger partial charge in [-0.25, -0.2) is 25.0 Å². The maximum atomic E-state index is 12.6. The van der Waals surface area contributed by atoms with Gasteiger partial charge in [0.05, 0.1) is 36.9 Å². The zero-order chi connectivity index (χ0) is 31.9. The number of hydrogen-bond donors (Lipinski definition) is 1. The summed E-state index contributed by atoms with van der Waals surface area (Å²) in [5.41, 5.74) is 1.02. The van der Waals surface area contributed by atoms with Gasteiger partial charge >= 0.3 is 5.63 Å². The molecule has 0 radical (unpaired) electrons. The summed E-state index contributed by atoms with van der Waals surface area (Å²) < 4.78 is 6.84. The second-order valence-corrected chi connectivity index (χ2v) is 8.61. The second-order valence-electron chi connectivity index (χ2n) is 8.61. The van der Waals surface area contributed by atoms with Crippen LogP contribution in [0.3, 0.4) is 0 Å². The number of allylic oxidation sites excluding steroid dienone is 11. The molecule has 0 fully saturated rings. The van der Waals surface area contributed by atoms with Crippen LogP contribution in [0.2, 0.25) is 0 Å². The molecule has 2 aromatic carbocycles. The highest BCUT2D eigenvalue weighted by atomic mass is 16.4. The molecule has 0 saturated carbocycles. The van der Waals surface area contributed by atoms with Crippen molar-refractivity contribution in [2.75, 3.05) is 0 Å². The summed E-state index contributed by atoms with van der Waals surface area (Å²) in [5, 5.41) is 36.6. The molecule has 1 heterocycles. The van der Waals surface area contributed by atoms with Gasteiger partial charge in [-0.15, -0.1) is 0 Å². The summed E-state index contributed by atoms with van der Waals surface area (Å²) in [6, 6.07) is 23.1. The predicted octanol–water partition coefficient (Wildman–Crippen LogP) is 4.98. The first kappa shape index (κ1) is 31.3. The fourth-order valence-electron chi connectivity index (χ4n) is 4.01. The van der Waals surface area contributed by atoms with Crippen LogP contribution in [-0.4, -0.2) is 10.4 Å². The van der Waals surface area contributed by atoms with Gasteiger partial charge in [-0.3, -0.25) is 5.41 Å². The van der Waals surface area contributed by atoms with E-state index in [1.165, 1.54) is 41.0 Å². The Labute approximate surface area is 253 Å². The average Bonchev–Trinajstić information content (AvgIpc) is 3.33. The van der Waals surface area contributed by atoms with Gasteiger partial charge in [-0.05, 0) is 41.3 Å². The lowest BCUT2D eigenvalue weighted by molar-refractivity contribution is 0.472. The molecule has 1 aromatic heterocycles. The van der Waals surface area contributed by atoms with Crippen molar-refractivity contribution in [2.24, 2.45) is 7.05 Å². The third-order valence-corrected chi connectivity index (χ3v) is 6.06. The molecule has 0 aliphatic rings. The van der Waals surface area contributed by atoms with Crippen LogP contribution in [0.15, 0.2) is 123 Å². The normalized spacial score (nSPS) is 13.1. The van der Waals surface area contributed by atoms with E-state index in [2.05, 4.69) is 15.6 Å². The van der Waals surface area contributed by atoms with Gasteiger partial charge in [-0.1, -0.05) is 78.9 Å². The fraction of sp³-hybridized carbons (Fsp3) is 0.0286. The molecule has 0 unspecified atom stereocenters. The Morgan fingerprint density at radius 3 is 1.93 bits per heavy atom. The van der Waals surface area contributed by atoms with Crippen LogP contribution in [0.1, 0.15) is 11.1 Å². The summed E-state index contributed by atoms with van der Waals surface area (Å²) in [6.07, 6.45) is 10.5. The van der Waals surface area contributed by atoms with Crippen LogP contribution in [-0.2, 0) is 7.05 Å². The van der Waals surface area contributed by atoms with E-state index < -0.39 is 5.63 Å². The lowest BCUT2D eigenvalue weighted by Gasteiger charge is -2.07. The van der Waals surface area contributed by atoms with Crippen molar-refractivity contribution >= 4 is 29.2 Å². The maximum Gasteiger partial charge on any atom is 0.361 e. The number of benzene rings is 2. The van der Waals surface area contributed by atoms with Gasteiger partial charge < -0.3 is 8.98 Å². The Kier molecular flexibility index (Phi) is 11.1. The van der Waals surface area contributed by atoms with Gasteiger partial charge in [0, 0.05) is 23.8 Å². The smallest absolute Gasteiger partial charge is 0.361 e. The average molecular weight is 572 g/mol. The zero-order valence-electron chi connectivity index (χ0n) is 23.3. The Bertz CT molecular complexity index is 2150. The number of nitrogens with one attached hydrogen (secondary N) is 1. The Morgan fingerprint density at radius 1 is 0.841 bits per heavy atom. The molecule has 208 valence electrons. The lowest BCUT2D eigenvalue weighted by atomic mass is 9.96. The standard InChI is InChI=1S/C35H21N7O2/c1-40-29(23-38)33(25-13-6-4-7-14-25)27(21-36)17-10-11-20-32-42(3)31(35(43)44-32)19-12-18-28(22-37)34(30(24-39)41-2)26-15-8-5-9-16-26/h4-20,37H,3H3/b11-10?,18-12+,27-17?,31-19+,32-20?,33-29?,34-30?. The highest BCUT2D eigenvalue weighted by Crippen LogP contribution is 2.28. The quantitative estimate of drug-likeness (QED) is 0.176. The summed E-state index contributed by atoms with van der Waals surface area (Å²) in [4.78, 5) is 19.1. The summed E-state index contributed by atoms with van der Waals surface area (Å²) >= 11 is 0. The Hall–Kier alpha value is -7.21. The molecule has 9 heteroatoms. The molecule has 3 aromatic rings. The van der Waals surface area contributed by atoms with Gasteiger partial charge in [0.2, 0.25) is 5.55 Å². The third kappa shape index (κ3) is 7.30. The summed E-state index contributed by atoms with van der Waals surface area (Å²) in [5.74, 6) is 2.27. The van der Waals surface area contributed by atoms with Crippen LogP contribution in [0.5, 0.6) is 0 Å². The molecule has 44 heavy (non-hydrogen) atoms. The fourth-order valence-corrected chi connectivity index (χ4v) is 4.01. The lowest BCUT2D eigenvalue weighted by Crippen LogP contribution is -2.29. The number of oxazole rings is 1. The molecule has 0 bridgehead atoms. The van der Waals surface area contributed by atoms with Crippen molar-refractivity contribution in [1.29, 1.82) is 21.2 Å². The molecule has 0 atom stereocenters. The first-order valence-corrected chi connectivity index (χ1v) is 12.7.